The second-order valence-corrected chi connectivity index (χ2v) is 23.9. The van der Waals surface area contributed by atoms with Crippen molar-refractivity contribution in [2.75, 3.05) is 19.8 Å². The first-order chi connectivity index (χ1) is 41.1. The first-order valence-electron chi connectivity index (χ1n) is 34.2. The summed E-state index contributed by atoms with van der Waals surface area (Å²) in [7, 11) is 0. The van der Waals surface area contributed by atoms with Gasteiger partial charge in [-0.2, -0.15) is 0 Å². The van der Waals surface area contributed by atoms with Gasteiger partial charge in [-0.1, -0.05) is 254 Å². The molecule has 0 saturated carbocycles. The number of rotatable bonds is 55. The van der Waals surface area contributed by atoms with Crippen LogP contribution in [-0.4, -0.2) is 140 Å². The Hall–Kier alpha value is -2.57. The zero-order valence-corrected chi connectivity index (χ0v) is 52.9. The molecule has 0 radical (unpaired) electrons. The Balaban J connectivity index is 1.69. The van der Waals surface area contributed by atoms with Gasteiger partial charge in [0.1, 0.15) is 48.8 Å². The third-order valence-electron chi connectivity index (χ3n) is 16.3. The predicted molar refractivity (Wildman–Crippen MR) is 341 cm³/mol. The van der Waals surface area contributed by atoms with E-state index in [0.717, 1.165) is 57.8 Å². The highest BCUT2D eigenvalue weighted by Crippen LogP contribution is 2.30. The average molecular weight is 1190 g/mol. The third-order valence-corrected chi connectivity index (χ3v) is 16.3. The molecule has 0 aromatic heterocycles. The Bertz CT molecular complexity index is 1690. The molecule has 14 nitrogen and oxygen atoms in total. The number of allylic oxidation sites excluding steroid dienone is 11. The molecule has 0 aromatic rings. The molecule has 0 spiro atoms. The van der Waals surface area contributed by atoms with Gasteiger partial charge in [0.05, 0.1) is 32.0 Å². The van der Waals surface area contributed by atoms with Crippen molar-refractivity contribution in [2.45, 2.75) is 344 Å². The van der Waals surface area contributed by atoms with Gasteiger partial charge in [0, 0.05) is 6.42 Å². The van der Waals surface area contributed by atoms with Crippen LogP contribution in [0.2, 0.25) is 0 Å². The number of ether oxygens (including phenoxy) is 4. The Morgan fingerprint density at radius 2 is 0.798 bits per heavy atom. The molecular weight excluding hydrogens is 1060 g/mol. The van der Waals surface area contributed by atoms with Crippen molar-refractivity contribution >= 4 is 5.91 Å². The normalized spacial score (nSPS) is 24.1. The lowest BCUT2D eigenvalue weighted by Gasteiger charge is -2.46. The predicted octanol–water partition coefficient (Wildman–Crippen LogP) is 13.5. The van der Waals surface area contributed by atoms with Crippen molar-refractivity contribution in [1.29, 1.82) is 0 Å². The monoisotopic (exact) mass is 1190 g/mol. The van der Waals surface area contributed by atoms with Crippen molar-refractivity contribution in [2.24, 2.45) is 0 Å². The van der Waals surface area contributed by atoms with Gasteiger partial charge in [-0.05, 0) is 83.5 Å². The van der Waals surface area contributed by atoms with E-state index < -0.39 is 86.8 Å². The van der Waals surface area contributed by atoms with Crippen LogP contribution < -0.4 is 5.32 Å². The van der Waals surface area contributed by atoms with Crippen LogP contribution in [0.25, 0.3) is 0 Å². The number of hydrogen-bond donors (Lipinski definition) is 9. The number of aliphatic hydroxyl groups is 8. The van der Waals surface area contributed by atoms with Gasteiger partial charge in [-0.25, -0.2) is 0 Å². The van der Waals surface area contributed by atoms with Crippen LogP contribution in [0.1, 0.15) is 271 Å². The number of nitrogens with one attached hydrogen (secondary N) is 1. The van der Waals surface area contributed by atoms with Gasteiger partial charge < -0.3 is 65.1 Å². The zero-order valence-electron chi connectivity index (χ0n) is 52.9. The minimum absolute atomic E-state index is 0.253. The highest BCUT2D eigenvalue weighted by Gasteiger charge is 2.51. The van der Waals surface area contributed by atoms with E-state index in [2.05, 4.69) is 79.9 Å². The second kappa shape index (κ2) is 54.6. The number of unbranched alkanes of at least 4 members (excludes halogenated alkanes) is 32. The van der Waals surface area contributed by atoms with Crippen molar-refractivity contribution in [3.05, 3.63) is 72.9 Å². The lowest BCUT2D eigenvalue weighted by atomic mass is 9.97. The van der Waals surface area contributed by atoms with Crippen LogP contribution in [-0.2, 0) is 23.7 Å². The molecule has 0 aromatic carbocycles. The van der Waals surface area contributed by atoms with Crippen LogP contribution in [0.4, 0.5) is 0 Å². The molecule has 12 unspecified atom stereocenters. The lowest BCUT2D eigenvalue weighted by Crippen LogP contribution is -2.65. The van der Waals surface area contributed by atoms with Gasteiger partial charge in [-0.15, -0.1) is 0 Å². The molecule has 84 heavy (non-hydrogen) atoms. The summed E-state index contributed by atoms with van der Waals surface area (Å²) < 4.78 is 22.8. The van der Waals surface area contributed by atoms with E-state index in [-0.39, 0.29) is 18.9 Å². The van der Waals surface area contributed by atoms with Gasteiger partial charge >= 0.3 is 0 Å². The number of carbonyl (C=O) groups is 1. The summed E-state index contributed by atoms with van der Waals surface area (Å²) in [6.07, 6.45) is 56.7. The summed E-state index contributed by atoms with van der Waals surface area (Å²) in [6, 6.07) is -0.941. The minimum Gasteiger partial charge on any atom is -0.394 e. The van der Waals surface area contributed by atoms with Gasteiger partial charge in [0.25, 0.3) is 0 Å². The number of carbonyl (C=O) groups excluding carboxylic acids is 1. The lowest BCUT2D eigenvalue weighted by molar-refractivity contribution is -0.359. The smallest absolute Gasteiger partial charge is 0.220 e. The highest BCUT2D eigenvalue weighted by molar-refractivity contribution is 5.76. The van der Waals surface area contributed by atoms with Gasteiger partial charge in [0.2, 0.25) is 5.91 Å². The fourth-order valence-electron chi connectivity index (χ4n) is 10.9. The molecule has 12 atom stereocenters. The zero-order chi connectivity index (χ0) is 60.9. The van der Waals surface area contributed by atoms with Crippen molar-refractivity contribution < 1.29 is 64.6 Å². The minimum atomic E-state index is -1.79. The highest BCUT2D eigenvalue weighted by atomic mass is 16.7. The van der Waals surface area contributed by atoms with E-state index in [9.17, 15) is 45.6 Å². The van der Waals surface area contributed by atoms with E-state index in [1.807, 2.05) is 6.08 Å². The molecule has 2 aliphatic rings. The van der Waals surface area contributed by atoms with Crippen molar-refractivity contribution in [1.82, 2.24) is 5.32 Å². The molecule has 2 aliphatic heterocycles. The summed E-state index contributed by atoms with van der Waals surface area (Å²) >= 11 is 0. The molecule has 9 N–H and O–H groups in total. The molecule has 2 heterocycles. The van der Waals surface area contributed by atoms with Crippen LogP contribution in [0, 0.1) is 0 Å². The summed E-state index contributed by atoms with van der Waals surface area (Å²) in [5.41, 5.74) is 0. The van der Waals surface area contributed by atoms with Crippen LogP contribution in [0.5, 0.6) is 0 Å². The van der Waals surface area contributed by atoms with E-state index in [0.29, 0.717) is 12.8 Å². The van der Waals surface area contributed by atoms with E-state index in [1.165, 1.54) is 180 Å². The Morgan fingerprint density at radius 3 is 1.25 bits per heavy atom. The standard InChI is InChI=1S/C70H125NO13/c1-3-5-7-9-11-13-15-17-19-21-23-24-25-26-27-28-29-30-31-32-33-34-36-38-40-42-44-46-48-50-52-54-62(75)71-58(59(74)53-51-49-47-45-43-41-39-37-35-22-20-18-16-14-12-10-8-6-4-2)57-81-69-67(80)65(78)68(61(56-73)83-69)84-70-66(79)64(77)63(76)60(55-72)82-70/h15,17,21,23,25-26,35,37,43,45,51,53,58-61,63-70,72-74,76-80H,3-14,16,18-20,22,24,27-34,36,38-42,44,46-50,52,54-57H2,1-2H3,(H,71,75)/b17-15-,23-21-,26-25-,37-35+,45-43+,53-51+. The fourth-order valence-corrected chi connectivity index (χ4v) is 10.9. The molecule has 1 amide bonds. The van der Waals surface area contributed by atoms with Crippen LogP contribution in [0.15, 0.2) is 72.9 Å². The quantitative estimate of drug-likeness (QED) is 0.0204. The van der Waals surface area contributed by atoms with Crippen LogP contribution >= 0.6 is 0 Å². The van der Waals surface area contributed by atoms with E-state index in [1.54, 1.807) is 6.08 Å². The molecule has 14 heteroatoms. The van der Waals surface area contributed by atoms with Crippen molar-refractivity contribution in [3.63, 3.8) is 0 Å². The average Bonchev–Trinajstić information content (AvgIpc) is 3.18. The second-order valence-electron chi connectivity index (χ2n) is 23.9. The topological polar surface area (TPSA) is 228 Å². The number of aliphatic hydroxyl groups excluding tert-OH is 8. The molecular formula is C70H125NO13. The Kier molecular flexibility index (Phi) is 50.4. The largest absolute Gasteiger partial charge is 0.394 e. The van der Waals surface area contributed by atoms with E-state index in [4.69, 9.17) is 18.9 Å². The van der Waals surface area contributed by atoms with Crippen LogP contribution in [0.3, 0.4) is 0 Å². The maximum atomic E-state index is 13.3. The third kappa shape index (κ3) is 38.7. The number of amides is 1. The maximum absolute atomic E-state index is 13.3. The van der Waals surface area contributed by atoms with Gasteiger partial charge in [0.15, 0.2) is 12.6 Å². The first kappa shape index (κ1) is 77.5. The SMILES string of the molecule is CCCCCCC/C=C\C/C=C\C/C=C\CCCCCCCCCCCCCCCCCCC(=O)NC(COC1OC(CO)C(OC2OC(CO)C(O)C(O)C2O)C(O)C1O)C(O)/C=C/CC/C=C/CC/C=C/CCCCCCCCCCC. The molecule has 0 bridgehead atoms. The summed E-state index contributed by atoms with van der Waals surface area (Å²) in [5.74, 6) is -0.253. The molecule has 2 fully saturated rings. The summed E-state index contributed by atoms with van der Waals surface area (Å²) in [6.45, 7) is 2.78. The van der Waals surface area contributed by atoms with E-state index >= 15 is 0 Å². The van der Waals surface area contributed by atoms with Crippen molar-refractivity contribution in [3.8, 4) is 0 Å². The Labute approximate surface area is 510 Å². The maximum Gasteiger partial charge on any atom is 0.220 e. The molecule has 0 aliphatic carbocycles. The molecule has 488 valence electrons. The molecule has 2 saturated heterocycles. The van der Waals surface area contributed by atoms with Gasteiger partial charge in [-0.3, -0.25) is 4.79 Å². The summed E-state index contributed by atoms with van der Waals surface area (Å²) in [4.78, 5) is 13.3. The Morgan fingerprint density at radius 1 is 0.429 bits per heavy atom. The first-order valence-corrected chi connectivity index (χ1v) is 34.2. The number of hydrogen-bond acceptors (Lipinski definition) is 13. The summed E-state index contributed by atoms with van der Waals surface area (Å²) in [5, 5.41) is 87.3. The fraction of sp³-hybridized carbons (Fsp3) is 0.814. The molecule has 2 rings (SSSR count).